The van der Waals surface area contributed by atoms with E-state index < -0.39 is 0 Å². The first kappa shape index (κ1) is 12.5. The van der Waals surface area contributed by atoms with Gasteiger partial charge in [-0.3, -0.25) is 0 Å². The molecule has 0 fully saturated rings. The fourth-order valence-electron chi connectivity index (χ4n) is 2.83. The van der Waals surface area contributed by atoms with Gasteiger partial charge in [0.25, 0.3) is 0 Å². The molecule has 2 nitrogen and oxygen atoms in total. The number of benzene rings is 2. The second-order valence-corrected chi connectivity index (χ2v) is 6.99. The highest BCUT2D eigenvalue weighted by atomic mass is 79.9. The molecular weight excluding hydrogens is 380 g/mol. The van der Waals surface area contributed by atoms with Gasteiger partial charge in [0.2, 0.25) is 0 Å². The Balaban J connectivity index is 1.71. The Kier molecular flexibility index (Phi) is 2.89. The van der Waals surface area contributed by atoms with Crippen LogP contribution in [0.25, 0.3) is 10.9 Å². The van der Waals surface area contributed by atoms with Crippen molar-refractivity contribution in [2.75, 3.05) is 5.32 Å². The topological polar surface area (TPSA) is 27.8 Å². The molecule has 100 valence electrons. The third-order valence-electron chi connectivity index (χ3n) is 3.80. The van der Waals surface area contributed by atoms with Gasteiger partial charge in [0.1, 0.15) is 0 Å². The molecule has 0 amide bonds. The van der Waals surface area contributed by atoms with Gasteiger partial charge < -0.3 is 10.3 Å². The van der Waals surface area contributed by atoms with Crippen LogP contribution >= 0.6 is 31.9 Å². The van der Waals surface area contributed by atoms with Gasteiger partial charge in [-0.2, -0.15) is 0 Å². The average Bonchev–Trinajstić information content (AvgIpc) is 3.00. The van der Waals surface area contributed by atoms with Crippen molar-refractivity contribution in [2.45, 2.75) is 12.5 Å². The first-order valence-electron chi connectivity index (χ1n) is 6.52. The summed E-state index contributed by atoms with van der Waals surface area (Å²) in [6, 6.07) is 15.3. The summed E-state index contributed by atoms with van der Waals surface area (Å²) in [5.41, 5.74) is 5.02. The minimum absolute atomic E-state index is 0.325. The molecule has 0 spiro atoms. The molecular formula is C16H12Br2N2. The van der Waals surface area contributed by atoms with Crippen LogP contribution in [-0.4, -0.2) is 4.98 Å². The minimum atomic E-state index is 0.325. The van der Waals surface area contributed by atoms with Gasteiger partial charge >= 0.3 is 0 Å². The van der Waals surface area contributed by atoms with Crippen molar-refractivity contribution in [1.29, 1.82) is 0 Å². The zero-order valence-corrected chi connectivity index (χ0v) is 13.8. The van der Waals surface area contributed by atoms with Gasteiger partial charge in [-0.05, 0) is 48.0 Å². The summed E-state index contributed by atoms with van der Waals surface area (Å²) in [7, 11) is 0. The number of aromatic nitrogens is 1. The highest BCUT2D eigenvalue weighted by Gasteiger charge is 2.23. The van der Waals surface area contributed by atoms with E-state index in [4.69, 9.17) is 0 Å². The minimum Gasteiger partial charge on any atom is -0.376 e. The summed E-state index contributed by atoms with van der Waals surface area (Å²) in [5, 5.41) is 4.83. The predicted octanol–water partition coefficient (Wildman–Crippen LogP) is 5.40. The number of hydrogen-bond donors (Lipinski definition) is 2. The normalized spacial score (nSPS) is 17.2. The van der Waals surface area contributed by atoms with E-state index in [0.29, 0.717) is 6.04 Å². The van der Waals surface area contributed by atoms with Crippen molar-refractivity contribution < 1.29 is 0 Å². The lowest BCUT2D eigenvalue weighted by molar-refractivity contribution is 0.799. The second-order valence-electron chi connectivity index (χ2n) is 5.16. The summed E-state index contributed by atoms with van der Waals surface area (Å²) in [6.07, 6.45) is 1.02. The largest absolute Gasteiger partial charge is 0.376 e. The van der Waals surface area contributed by atoms with E-state index in [1.165, 1.54) is 27.8 Å². The van der Waals surface area contributed by atoms with Gasteiger partial charge in [-0.15, -0.1) is 0 Å². The summed E-state index contributed by atoms with van der Waals surface area (Å²) >= 11 is 7.06. The average molecular weight is 392 g/mol. The number of aromatic amines is 1. The first-order chi connectivity index (χ1) is 9.69. The Morgan fingerprint density at radius 3 is 2.65 bits per heavy atom. The Hall–Kier alpha value is -1.26. The molecule has 0 saturated carbocycles. The van der Waals surface area contributed by atoms with Crippen molar-refractivity contribution in [3.8, 4) is 0 Å². The van der Waals surface area contributed by atoms with E-state index in [1.807, 2.05) is 0 Å². The van der Waals surface area contributed by atoms with Crippen molar-refractivity contribution in [3.05, 3.63) is 62.7 Å². The molecule has 0 saturated heterocycles. The molecule has 2 aromatic carbocycles. The fourth-order valence-corrected chi connectivity index (χ4v) is 3.62. The molecule has 0 radical (unpaired) electrons. The molecule has 0 aliphatic carbocycles. The molecule has 0 unspecified atom stereocenters. The molecule has 3 aromatic rings. The van der Waals surface area contributed by atoms with Gasteiger partial charge in [-0.1, -0.05) is 31.9 Å². The van der Waals surface area contributed by atoms with Gasteiger partial charge in [0, 0.05) is 37.7 Å². The fraction of sp³-hybridized carbons (Fsp3) is 0.125. The van der Waals surface area contributed by atoms with Crippen LogP contribution in [0.3, 0.4) is 0 Å². The molecule has 1 aliphatic rings. The maximum absolute atomic E-state index is 3.59. The van der Waals surface area contributed by atoms with Crippen LogP contribution in [0.2, 0.25) is 0 Å². The van der Waals surface area contributed by atoms with Crippen LogP contribution in [0.1, 0.15) is 17.3 Å². The highest BCUT2D eigenvalue weighted by molar-refractivity contribution is 9.10. The van der Waals surface area contributed by atoms with Crippen LogP contribution in [0.5, 0.6) is 0 Å². The zero-order chi connectivity index (χ0) is 13.7. The van der Waals surface area contributed by atoms with Crippen molar-refractivity contribution >= 4 is 48.5 Å². The smallest absolute Gasteiger partial charge is 0.0704 e. The third kappa shape index (κ3) is 2.07. The quantitative estimate of drug-likeness (QED) is 0.570. The number of nitrogens with one attached hydrogen (secondary N) is 2. The highest BCUT2D eigenvalue weighted by Crippen LogP contribution is 2.36. The third-order valence-corrected chi connectivity index (χ3v) is 4.79. The molecule has 2 heterocycles. The molecule has 4 rings (SSSR count). The monoisotopic (exact) mass is 390 g/mol. The second kappa shape index (κ2) is 4.64. The van der Waals surface area contributed by atoms with Crippen LogP contribution in [-0.2, 0) is 6.42 Å². The number of halogens is 2. The number of rotatable bonds is 1. The molecule has 1 aromatic heterocycles. The number of hydrogen-bond acceptors (Lipinski definition) is 1. The molecule has 1 aliphatic heterocycles. The number of fused-ring (bicyclic) bond motifs is 2. The van der Waals surface area contributed by atoms with E-state index in [1.54, 1.807) is 0 Å². The SMILES string of the molecule is Brc1ccc2c(c1)C[C@@H](c1cc3cc(Br)ccc3[nH]1)N2. The zero-order valence-electron chi connectivity index (χ0n) is 10.6. The van der Waals surface area contributed by atoms with Gasteiger partial charge in [0.05, 0.1) is 6.04 Å². The maximum Gasteiger partial charge on any atom is 0.0704 e. The molecule has 20 heavy (non-hydrogen) atoms. The molecule has 4 heteroatoms. The Morgan fingerprint density at radius 1 is 0.950 bits per heavy atom. The lowest BCUT2D eigenvalue weighted by atomic mass is 10.1. The number of anilines is 1. The Morgan fingerprint density at radius 2 is 1.75 bits per heavy atom. The summed E-state index contributed by atoms with van der Waals surface area (Å²) in [5.74, 6) is 0. The lowest BCUT2D eigenvalue weighted by Gasteiger charge is -2.08. The predicted molar refractivity (Wildman–Crippen MR) is 90.2 cm³/mol. The summed E-state index contributed by atoms with van der Waals surface area (Å²) < 4.78 is 2.25. The van der Waals surface area contributed by atoms with Crippen LogP contribution in [0.15, 0.2) is 51.4 Å². The van der Waals surface area contributed by atoms with Crippen molar-refractivity contribution in [3.63, 3.8) is 0 Å². The molecule has 0 bridgehead atoms. The maximum atomic E-state index is 3.59. The van der Waals surface area contributed by atoms with E-state index in [2.05, 4.69) is 84.6 Å². The Bertz CT molecular complexity index is 807. The summed E-state index contributed by atoms with van der Waals surface area (Å²) in [6.45, 7) is 0. The van der Waals surface area contributed by atoms with Crippen molar-refractivity contribution in [2.24, 2.45) is 0 Å². The van der Waals surface area contributed by atoms with E-state index in [-0.39, 0.29) is 0 Å². The van der Waals surface area contributed by atoms with E-state index in [0.717, 1.165) is 15.4 Å². The van der Waals surface area contributed by atoms with E-state index in [9.17, 15) is 0 Å². The molecule has 2 N–H and O–H groups in total. The van der Waals surface area contributed by atoms with Crippen LogP contribution in [0, 0.1) is 0 Å². The lowest BCUT2D eigenvalue weighted by Crippen LogP contribution is -2.05. The van der Waals surface area contributed by atoms with Crippen LogP contribution in [0.4, 0.5) is 5.69 Å². The molecule has 1 atom stereocenters. The first-order valence-corrected chi connectivity index (χ1v) is 8.11. The van der Waals surface area contributed by atoms with Gasteiger partial charge in [-0.25, -0.2) is 0 Å². The van der Waals surface area contributed by atoms with Crippen LogP contribution < -0.4 is 5.32 Å². The standard InChI is InChI=1S/C16H12Br2N2/c17-11-1-3-13-9(5-11)7-15(19-13)16-8-10-6-12(18)2-4-14(10)20-16/h1-7,16,19-20H,8H2/t16-/m0/s1. The van der Waals surface area contributed by atoms with Crippen molar-refractivity contribution in [1.82, 2.24) is 4.98 Å². The summed E-state index contributed by atoms with van der Waals surface area (Å²) in [4.78, 5) is 3.52. The Labute approximate surface area is 133 Å². The van der Waals surface area contributed by atoms with Gasteiger partial charge in [0.15, 0.2) is 0 Å². The number of H-pyrrole nitrogens is 1. The van der Waals surface area contributed by atoms with E-state index >= 15 is 0 Å².